The Morgan fingerprint density at radius 3 is 2.47 bits per heavy atom. The highest BCUT2D eigenvalue weighted by Crippen LogP contribution is 2.13. The number of anilines is 1. The Hall–Kier alpha value is -1.35. The topological polar surface area (TPSA) is 40.5 Å². The van der Waals surface area contributed by atoms with Gasteiger partial charge >= 0.3 is 0 Å². The zero-order chi connectivity index (χ0) is 11.1. The van der Waals surface area contributed by atoms with Crippen LogP contribution in [0.15, 0.2) is 24.3 Å². The molecule has 0 radical (unpaired) electrons. The third-order valence-electron chi connectivity index (χ3n) is 2.37. The molecule has 15 heavy (non-hydrogen) atoms. The van der Waals surface area contributed by atoms with Gasteiger partial charge in [-0.25, -0.2) is 0 Å². The van der Waals surface area contributed by atoms with Crippen molar-refractivity contribution in [1.29, 1.82) is 0 Å². The molecule has 0 aliphatic rings. The van der Waals surface area contributed by atoms with Crippen molar-refractivity contribution in [3.05, 3.63) is 29.8 Å². The monoisotopic (exact) mass is 207 g/mol. The number of carbonyl (C=O) groups excluding carboxylic acids is 1. The number of aliphatic hydroxyl groups is 1. The van der Waals surface area contributed by atoms with E-state index in [4.69, 9.17) is 5.11 Å². The van der Waals surface area contributed by atoms with Crippen LogP contribution in [0.1, 0.15) is 23.2 Å². The average Bonchev–Trinajstić information content (AvgIpc) is 2.29. The number of hydrogen-bond acceptors (Lipinski definition) is 3. The first-order valence-corrected chi connectivity index (χ1v) is 5.15. The van der Waals surface area contributed by atoms with Gasteiger partial charge in [-0.1, -0.05) is 0 Å². The minimum Gasteiger partial charge on any atom is -0.396 e. The smallest absolute Gasteiger partial charge is 0.150 e. The van der Waals surface area contributed by atoms with Crippen LogP contribution in [-0.2, 0) is 0 Å². The molecular formula is C12H17NO2. The molecule has 0 fully saturated rings. The zero-order valence-corrected chi connectivity index (χ0v) is 9.02. The molecule has 0 bridgehead atoms. The molecule has 0 unspecified atom stereocenters. The Morgan fingerprint density at radius 1 is 1.27 bits per heavy atom. The van der Waals surface area contributed by atoms with E-state index in [1.54, 1.807) is 0 Å². The lowest BCUT2D eigenvalue weighted by Gasteiger charge is -2.18. The number of aliphatic hydroxyl groups excluding tert-OH is 1. The summed E-state index contributed by atoms with van der Waals surface area (Å²) in [6.45, 7) is 1.17. The molecule has 0 aliphatic heterocycles. The third-order valence-corrected chi connectivity index (χ3v) is 2.37. The maximum Gasteiger partial charge on any atom is 0.150 e. The Morgan fingerprint density at radius 2 is 1.93 bits per heavy atom. The van der Waals surface area contributed by atoms with E-state index in [0.29, 0.717) is 5.56 Å². The Bertz CT molecular complexity index is 295. The van der Waals surface area contributed by atoms with Crippen LogP contribution in [0, 0.1) is 0 Å². The van der Waals surface area contributed by atoms with Crippen LogP contribution in [0.4, 0.5) is 5.69 Å². The second-order valence-corrected chi connectivity index (χ2v) is 3.56. The Kier molecular flexibility index (Phi) is 4.84. The van der Waals surface area contributed by atoms with Crippen molar-refractivity contribution in [1.82, 2.24) is 0 Å². The summed E-state index contributed by atoms with van der Waals surface area (Å²) in [5.41, 5.74) is 1.79. The molecular weight excluding hydrogens is 190 g/mol. The van der Waals surface area contributed by atoms with Crippen molar-refractivity contribution < 1.29 is 9.90 Å². The van der Waals surface area contributed by atoms with Gasteiger partial charge in [0.1, 0.15) is 6.29 Å². The number of benzene rings is 1. The number of rotatable bonds is 6. The lowest BCUT2D eigenvalue weighted by molar-refractivity contribution is 0.112. The number of carbonyl (C=O) groups is 1. The first-order chi connectivity index (χ1) is 7.27. The molecule has 0 aromatic heterocycles. The van der Waals surface area contributed by atoms with Crippen molar-refractivity contribution in [2.45, 2.75) is 12.8 Å². The second kappa shape index (κ2) is 6.19. The molecule has 0 saturated carbocycles. The molecule has 0 saturated heterocycles. The molecule has 0 atom stereocenters. The molecule has 1 aromatic carbocycles. The van der Waals surface area contributed by atoms with E-state index in [9.17, 15) is 4.79 Å². The summed E-state index contributed by atoms with van der Waals surface area (Å²) < 4.78 is 0. The fourth-order valence-corrected chi connectivity index (χ4v) is 1.40. The van der Waals surface area contributed by atoms with Crippen LogP contribution in [0.3, 0.4) is 0 Å². The molecule has 3 heteroatoms. The number of aldehydes is 1. The summed E-state index contributed by atoms with van der Waals surface area (Å²) in [7, 11) is 2.01. The van der Waals surface area contributed by atoms with Crippen LogP contribution in [0.2, 0.25) is 0 Å². The van der Waals surface area contributed by atoms with Crippen molar-refractivity contribution in [2.24, 2.45) is 0 Å². The van der Waals surface area contributed by atoms with Crippen LogP contribution in [0.25, 0.3) is 0 Å². The van der Waals surface area contributed by atoms with Gasteiger partial charge in [0, 0.05) is 31.5 Å². The van der Waals surface area contributed by atoms with E-state index >= 15 is 0 Å². The fraction of sp³-hybridized carbons (Fsp3) is 0.417. The Balaban J connectivity index is 2.50. The summed E-state index contributed by atoms with van der Waals surface area (Å²) in [5, 5.41) is 8.66. The average molecular weight is 207 g/mol. The fourth-order valence-electron chi connectivity index (χ4n) is 1.40. The minimum atomic E-state index is 0.248. The lowest BCUT2D eigenvalue weighted by Crippen LogP contribution is -2.18. The van der Waals surface area contributed by atoms with Gasteiger partial charge in [0.2, 0.25) is 0 Å². The summed E-state index contributed by atoms with van der Waals surface area (Å²) in [4.78, 5) is 12.6. The predicted octanol–water partition coefficient (Wildman–Crippen LogP) is 1.71. The van der Waals surface area contributed by atoms with Crippen molar-refractivity contribution >= 4 is 12.0 Å². The number of nitrogens with zero attached hydrogens (tertiary/aromatic N) is 1. The molecule has 1 rings (SSSR count). The van der Waals surface area contributed by atoms with Gasteiger partial charge in [0.15, 0.2) is 0 Å². The zero-order valence-electron chi connectivity index (χ0n) is 9.02. The highest BCUT2D eigenvalue weighted by molar-refractivity contribution is 5.75. The van der Waals surface area contributed by atoms with E-state index in [1.807, 2.05) is 31.3 Å². The van der Waals surface area contributed by atoms with Gasteiger partial charge in [0.05, 0.1) is 0 Å². The molecule has 1 aromatic rings. The summed E-state index contributed by atoms with van der Waals surface area (Å²) in [6.07, 6.45) is 2.65. The van der Waals surface area contributed by atoms with Crippen molar-refractivity contribution in [3.8, 4) is 0 Å². The first kappa shape index (κ1) is 11.7. The van der Waals surface area contributed by atoms with Gasteiger partial charge < -0.3 is 10.0 Å². The number of hydrogen-bond donors (Lipinski definition) is 1. The van der Waals surface area contributed by atoms with Gasteiger partial charge in [-0.05, 0) is 37.1 Å². The van der Waals surface area contributed by atoms with Gasteiger partial charge in [-0.2, -0.15) is 0 Å². The molecule has 82 valence electrons. The van der Waals surface area contributed by atoms with Gasteiger partial charge in [-0.15, -0.1) is 0 Å². The first-order valence-electron chi connectivity index (χ1n) is 5.15. The largest absolute Gasteiger partial charge is 0.396 e. The molecule has 0 amide bonds. The maximum absolute atomic E-state index is 10.5. The molecule has 3 nitrogen and oxygen atoms in total. The van der Waals surface area contributed by atoms with Crippen LogP contribution in [0.5, 0.6) is 0 Å². The summed E-state index contributed by atoms with van der Waals surface area (Å²) >= 11 is 0. The molecule has 1 N–H and O–H groups in total. The quantitative estimate of drug-likeness (QED) is 0.570. The SMILES string of the molecule is CN(CCCCO)c1ccc(C=O)cc1. The van der Waals surface area contributed by atoms with Crippen molar-refractivity contribution in [3.63, 3.8) is 0 Å². The van der Waals surface area contributed by atoms with E-state index < -0.39 is 0 Å². The molecule has 0 aliphatic carbocycles. The van der Waals surface area contributed by atoms with E-state index in [2.05, 4.69) is 4.90 Å². The van der Waals surface area contributed by atoms with E-state index in [1.165, 1.54) is 0 Å². The highest BCUT2D eigenvalue weighted by Gasteiger charge is 1.99. The summed E-state index contributed by atoms with van der Waals surface area (Å²) in [6, 6.07) is 7.49. The highest BCUT2D eigenvalue weighted by atomic mass is 16.2. The van der Waals surface area contributed by atoms with Crippen LogP contribution < -0.4 is 4.90 Å². The van der Waals surface area contributed by atoms with Crippen LogP contribution in [-0.4, -0.2) is 31.6 Å². The third kappa shape index (κ3) is 3.72. The number of unbranched alkanes of at least 4 members (excludes halogenated alkanes) is 1. The standard InChI is InChI=1S/C12H17NO2/c1-13(8-2-3-9-14)12-6-4-11(10-15)5-7-12/h4-7,10,14H,2-3,8-9H2,1H3. The molecule has 0 heterocycles. The van der Waals surface area contributed by atoms with Crippen LogP contribution >= 0.6 is 0 Å². The second-order valence-electron chi connectivity index (χ2n) is 3.56. The van der Waals surface area contributed by atoms with Gasteiger partial charge in [0.25, 0.3) is 0 Å². The maximum atomic E-state index is 10.5. The Labute approximate surface area is 90.3 Å². The van der Waals surface area contributed by atoms with E-state index in [0.717, 1.165) is 31.4 Å². The molecule has 0 spiro atoms. The minimum absolute atomic E-state index is 0.248. The van der Waals surface area contributed by atoms with E-state index in [-0.39, 0.29) is 6.61 Å². The van der Waals surface area contributed by atoms with Gasteiger partial charge in [-0.3, -0.25) is 4.79 Å². The predicted molar refractivity (Wildman–Crippen MR) is 61.4 cm³/mol. The van der Waals surface area contributed by atoms with Crippen molar-refractivity contribution in [2.75, 3.05) is 25.1 Å². The summed E-state index contributed by atoms with van der Waals surface area (Å²) in [5.74, 6) is 0. The lowest BCUT2D eigenvalue weighted by atomic mass is 10.2. The normalized spacial score (nSPS) is 10.0.